The van der Waals surface area contributed by atoms with Gasteiger partial charge in [0.05, 0.1) is 30.3 Å². The third-order valence-corrected chi connectivity index (χ3v) is 5.13. The molecular formula is C17H20BNO5. The summed E-state index contributed by atoms with van der Waals surface area (Å²) in [6.45, 7) is 0. The quantitative estimate of drug-likeness (QED) is 0.713. The van der Waals surface area contributed by atoms with Crippen LogP contribution in [0.15, 0.2) is 34.9 Å². The maximum atomic E-state index is 12.5. The fourth-order valence-corrected chi connectivity index (χ4v) is 3.86. The molecule has 1 amide bonds. The zero-order valence-corrected chi connectivity index (χ0v) is 13.2. The van der Waals surface area contributed by atoms with E-state index in [2.05, 4.69) is 5.32 Å². The van der Waals surface area contributed by atoms with Crippen LogP contribution >= 0.6 is 0 Å². The minimum absolute atomic E-state index is 0.0266. The van der Waals surface area contributed by atoms with Crippen molar-refractivity contribution in [2.45, 2.75) is 43.8 Å². The minimum atomic E-state index is -1.64. The summed E-state index contributed by atoms with van der Waals surface area (Å²) in [6.07, 6.45) is 4.69. The Kier molecular flexibility index (Phi) is 4.08. The van der Waals surface area contributed by atoms with Crippen LogP contribution in [0.5, 0.6) is 0 Å². The lowest BCUT2D eigenvalue weighted by atomic mass is 9.75. The van der Waals surface area contributed by atoms with E-state index in [-0.39, 0.29) is 24.0 Å². The standard InChI is InChI=1S/C17H20BNO5/c20-17(13-8-11-5-6-15(13)24-11)19-16(18(21)22)7-10-9-23-14-4-2-1-3-12(10)14/h1-4,9,11,13,15-16,21-22H,5-8H2,(H,19,20)/t11-,13-,15+,16-/m1/s1. The molecule has 0 spiro atoms. The lowest BCUT2D eigenvalue weighted by Gasteiger charge is -2.23. The summed E-state index contributed by atoms with van der Waals surface area (Å²) in [7, 11) is -1.64. The van der Waals surface area contributed by atoms with Crippen molar-refractivity contribution in [1.82, 2.24) is 5.32 Å². The van der Waals surface area contributed by atoms with E-state index in [0.29, 0.717) is 6.42 Å². The minimum Gasteiger partial charge on any atom is -0.464 e. The van der Waals surface area contributed by atoms with Crippen molar-refractivity contribution < 1.29 is 24.0 Å². The molecule has 1 aromatic heterocycles. The molecule has 7 heteroatoms. The number of ether oxygens (including phenoxy) is 1. The van der Waals surface area contributed by atoms with Crippen molar-refractivity contribution >= 4 is 24.0 Å². The van der Waals surface area contributed by atoms with E-state index in [1.54, 1.807) is 6.26 Å². The lowest BCUT2D eigenvalue weighted by molar-refractivity contribution is -0.126. The van der Waals surface area contributed by atoms with Gasteiger partial charge in [-0.2, -0.15) is 0 Å². The topological polar surface area (TPSA) is 91.9 Å². The van der Waals surface area contributed by atoms with Crippen LogP contribution in [0.3, 0.4) is 0 Å². The van der Waals surface area contributed by atoms with Gasteiger partial charge in [0, 0.05) is 5.39 Å². The van der Waals surface area contributed by atoms with Crippen molar-refractivity contribution in [3.8, 4) is 0 Å². The number of hydrogen-bond acceptors (Lipinski definition) is 5. The van der Waals surface area contributed by atoms with Crippen LogP contribution in [0.25, 0.3) is 11.0 Å². The second kappa shape index (κ2) is 6.24. The number of fused-ring (bicyclic) bond motifs is 3. The van der Waals surface area contributed by atoms with Crippen molar-refractivity contribution in [3.63, 3.8) is 0 Å². The molecule has 2 aliphatic heterocycles. The van der Waals surface area contributed by atoms with Gasteiger partial charge in [0.15, 0.2) is 0 Å². The number of carbonyl (C=O) groups is 1. The Morgan fingerprint density at radius 1 is 1.33 bits per heavy atom. The molecule has 3 N–H and O–H groups in total. The van der Waals surface area contributed by atoms with Crippen LogP contribution in [-0.4, -0.2) is 41.2 Å². The predicted octanol–water partition coefficient (Wildman–Crippen LogP) is 1.04. The third kappa shape index (κ3) is 2.83. The van der Waals surface area contributed by atoms with Gasteiger partial charge in [-0.3, -0.25) is 4.79 Å². The Labute approximate surface area is 139 Å². The van der Waals surface area contributed by atoms with E-state index in [1.165, 1.54) is 0 Å². The van der Waals surface area contributed by atoms with Crippen molar-refractivity contribution in [3.05, 3.63) is 36.1 Å². The van der Waals surface area contributed by atoms with E-state index in [4.69, 9.17) is 9.15 Å². The van der Waals surface area contributed by atoms with Crippen LogP contribution in [-0.2, 0) is 16.0 Å². The highest BCUT2D eigenvalue weighted by Gasteiger charge is 2.45. The fourth-order valence-electron chi connectivity index (χ4n) is 3.86. The molecule has 4 atom stereocenters. The van der Waals surface area contributed by atoms with Gasteiger partial charge in [-0.25, -0.2) is 0 Å². The van der Waals surface area contributed by atoms with E-state index >= 15 is 0 Å². The molecule has 2 bridgehead atoms. The summed E-state index contributed by atoms with van der Waals surface area (Å²) in [5, 5.41) is 23.1. The number of furan rings is 1. The summed E-state index contributed by atoms with van der Waals surface area (Å²) in [5.74, 6) is -1.13. The zero-order chi connectivity index (χ0) is 16.7. The Morgan fingerprint density at radius 2 is 2.17 bits per heavy atom. The largest absolute Gasteiger partial charge is 0.475 e. The highest BCUT2D eigenvalue weighted by molar-refractivity contribution is 6.43. The first-order valence-electron chi connectivity index (χ1n) is 8.39. The number of hydrogen-bond donors (Lipinski definition) is 3. The molecule has 1 aromatic carbocycles. The SMILES string of the molecule is O=C(N[C@H](Cc1coc2ccccc12)B(O)O)[C@@H]1C[C@H]2CC[C@@H]1O2. The second-order valence-corrected chi connectivity index (χ2v) is 6.71. The zero-order valence-electron chi connectivity index (χ0n) is 13.2. The second-order valence-electron chi connectivity index (χ2n) is 6.71. The van der Waals surface area contributed by atoms with Crippen LogP contribution in [0, 0.1) is 5.92 Å². The van der Waals surface area contributed by atoms with Gasteiger partial charge >= 0.3 is 7.12 Å². The number of amides is 1. The van der Waals surface area contributed by atoms with E-state index < -0.39 is 13.1 Å². The van der Waals surface area contributed by atoms with Gasteiger partial charge in [0.1, 0.15) is 5.58 Å². The molecule has 2 aromatic rings. The lowest BCUT2D eigenvalue weighted by Crippen LogP contribution is -2.50. The Morgan fingerprint density at radius 3 is 2.88 bits per heavy atom. The highest BCUT2D eigenvalue weighted by Crippen LogP contribution is 2.38. The molecule has 4 rings (SSSR count). The van der Waals surface area contributed by atoms with Gasteiger partial charge in [-0.05, 0) is 37.3 Å². The number of para-hydroxylation sites is 1. The van der Waals surface area contributed by atoms with E-state index in [1.807, 2.05) is 24.3 Å². The first kappa shape index (κ1) is 15.7. The molecule has 2 aliphatic rings. The molecule has 126 valence electrons. The summed E-state index contributed by atoms with van der Waals surface area (Å²) in [5.41, 5.74) is 1.58. The van der Waals surface area contributed by atoms with Gasteiger partial charge in [0.2, 0.25) is 5.91 Å². The molecule has 0 unspecified atom stereocenters. The summed E-state index contributed by atoms with van der Waals surface area (Å²) < 4.78 is 11.2. The molecule has 3 heterocycles. The number of benzene rings is 1. The van der Waals surface area contributed by atoms with E-state index in [0.717, 1.165) is 35.8 Å². The smallest absolute Gasteiger partial charge is 0.464 e. The Hall–Kier alpha value is -1.83. The van der Waals surface area contributed by atoms with Crippen LogP contribution in [0.2, 0.25) is 0 Å². The monoisotopic (exact) mass is 329 g/mol. The van der Waals surface area contributed by atoms with Crippen molar-refractivity contribution in [1.29, 1.82) is 0 Å². The molecule has 2 saturated heterocycles. The fraction of sp³-hybridized carbons (Fsp3) is 0.471. The molecule has 24 heavy (non-hydrogen) atoms. The Balaban J connectivity index is 1.47. The summed E-state index contributed by atoms with van der Waals surface area (Å²) in [6, 6.07) is 7.55. The normalized spacial score (nSPS) is 26.7. The van der Waals surface area contributed by atoms with Crippen LogP contribution in [0.1, 0.15) is 24.8 Å². The first-order valence-corrected chi connectivity index (χ1v) is 8.39. The van der Waals surface area contributed by atoms with Gasteiger partial charge in [0.25, 0.3) is 0 Å². The molecule has 0 saturated carbocycles. The van der Waals surface area contributed by atoms with Crippen LogP contribution in [0.4, 0.5) is 0 Å². The van der Waals surface area contributed by atoms with Gasteiger partial charge in [-0.15, -0.1) is 0 Å². The van der Waals surface area contributed by atoms with Crippen LogP contribution < -0.4 is 5.32 Å². The molecule has 6 nitrogen and oxygen atoms in total. The summed E-state index contributed by atoms with van der Waals surface area (Å²) >= 11 is 0. The number of rotatable bonds is 5. The predicted molar refractivity (Wildman–Crippen MR) is 88.0 cm³/mol. The van der Waals surface area contributed by atoms with Crippen molar-refractivity contribution in [2.24, 2.45) is 5.92 Å². The maximum Gasteiger partial charge on any atom is 0.475 e. The van der Waals surface area contributed by atoms with E-state index in [9.17, 15) is 14.8 Å². The third-order valence-electron chi connectivity index (χ3n) is 5.13. The Bertz CT molecular complexity index is 745. The number of carbonyl (C=O) groups excluding carboxylic acids is 1. The van der Waals surface area contributed by atoms with Gasteiger partial charge < -0.3 is 24.5 Å². The molecule has 0 radical (unpaired) electrons. The highest BCUT2D eigenvalue weighted by atomic mass is 16.5. The first-order chi connectivity index (χ1) is 11.6. The maximum absolute atomic E-state index is 12.5. The average molecular weight is 329 g/mol. The molecular weight excluding hydrogens is 309 g/mol. The van der Waals surface area contributed by atoms with Gasteiger partial charge in [-0.1, -0.05) is 18.2 Å². The number of nitrogens with one attached hydrogen (secondary N) is 1. The average Bonchev–Trinajstić information content (AvgIpc) is 3.29. The molecule has 2 fully saturated rings. The van der Waals surface area contributed by atoms with Crippen molar-refractivity contribution in [2.75, 3.05) is 0 Å². The molecule has 0 aliphatic carbocycles. The summed E-state index contributed by atoms with van der Waals surface area (Å²) in [4.78, 5) is 12.5.